The molecule has 0 aromatic heterocycles. The lowest BCUT2D eigenvalue weighted by Gasteiger charge is -2.40. The predicted molar refractivity (Wildman–Crippen MR) is 152 cm³/mol. The summed E-state index contributed by atoms with van der Waals surface area (Å²) >= 11 is 0. The Morgan fingerprint density at radius 2 is 1.28 bits per heavy atom. The lowest BCUT2D eigenvalue weighted by atomic mass is 9.99. The van der Waals surface area contributed by atoms with Crippen LogP contribution in [0.4, 0.5) is 0 Å². The van der Waals surface area contributed by atoms with Gasteiger partial charge in [-0.15, -0.1) is 0 Å². The number of ether oxygens (including phenoxy) is 2. The second-order valence-electron chi connectivity index (χ2n) is 11.3. The zero-order chi connectivity index (χ0) is 28.9. The lowest BCUT2D eigenvalue weighted by Crippen LogP contribution is -2.60. The summed E-state index contributed by atoms with van der Waals surface area (Å²) in [6.07, 6.45) is 12.7. The molecule has 0 radical (unpaired) electrons. The highest BCUT2D eigenvalue weighted by Gasteiger charge is 2.44. The molecule has 7 unspecified atom stereocenters. The number of carbonyl (C=O) groups is 1. The van der Waals surface area contributed by atoms with Gasteiger partial charge in [0.2, 0.25) is 5.91 Å². The minimum Gasteiger partial charge on any atom is -0.394 e. The van der Waals surface area contributed by atoms with E-state index in [2.05, 4.69) is 12.2 Å². The van der Waals surface area contributed by atoms with Crippen molar-refractivity contribution in [3.63, 3.8) is 0 Å². The molecule has 1 heterocycles. The van der Waals surface area contributed by atoms with Crippen LogP contribution in [0.15, 0.2) is 0 Å². The summed E-state index contributed by atoms with van der Waals surface area (Å²) in [6, 6.07) is -0.705. The van der Waals surface area contributed by atoms with Crippen LogP contribution in [0.5, 0.6) is 0 Å². The Morgan fingerprint density at radius 3 is 1.77 bits per heavy atom. The number of hydrogen-bond donors (Lipinski definition) is 6. The second-order valence-corrected chi connectivity index (χ2v) is 11.3. The molecule has 1 rings (SSSR count). The third kappa shape index (κ3) is 15.7. The smallest absolute Gasteiger partial charge is 0.220 e. The Hall–Kier alpha value is -0.810. The summed E-state index contributed by atoms with van der Waals surface area (Å²) in [6.45, 7) is 3.46. The van der Waals surface area contributed by atoms with Gasteiger partial charge in [-0.2, -0.15) is 0 Å². The molecule has 0 aromatic carbocycles. The Labute approximate surface area is 236 Å². The van der Waals surface area contributed by atoms with Gasteiger partial charge in [0.15, 0.2) is 6.29 Å². The molecule has 232 valence electrons. The maximum atomic E-state index is 12.2. The molecule has 0 saturated carbocycles. The second kappa shape index (κ2) is 22.8. The average Bonchev–Trinajstić information content (AvgIpc) is 2.92. The van der Waals surface area contributed by atoms with Gasteiger partial charge in [0.25, 0.3) is 0 Å². The van der Waals surface area contributed by atoms with Gasteiger partial charge in [0.1, 0.15) is 24.4 Å². The SMILES string of the molecule is CCCCCCCCCCCCCCCCCC(O)C(COC1OC(CO)C(O)C(O)C1O)NC(=O)CCC. The average molecular weight is 562 g/mol. The number of hydrogen-bond acceptors (Lipinski definition) is 8. The van der Waals surface area contributed by atoms with E-state index >= 15 is 0 Å². The highest BCUT2D eigenvalue weighted by molar-refractivity contribution is 5.76. The van der Waals surface area contributed by atoms with Crippen LogP contribution in [0.25, 0.3) is 0 Å². The van der Waals surface area contributed by atoms with E-state index in [1.54, 1.807) is 0 Å². The molecular weight excluding hydrogens is 502 g/mol. The molecule has 1 aliphatic rings. The first-order valence-corrected chi connectivity index (χ1v) is 15.7. The van der Waals surface area contributed by atoms with Crippen molar-refractivity contribution >= 4 is 5.91 Å². The summed E-state index contributed by atoms with van der Waals surface area (Å²) in [4.78, 5) is 12.2. The number of nitrogens with one attached hydrogen (secondary N) is 1. The number of carbonyl (C=O) groups excluding carboxylic acids is 1. The molecule has 9 nitrogen and oxygen atoms in total. The van der Waals surface area contributed by atoms with E-state index in [1.165, 1.54) is 77.0 Å². The molecule has 0 aliphatic carbocycles. The minimum absolute atomic E-state index is 0.141. The third-order valence-electron chi connectivity index (χ3n) is 7.68. The molecule has 9 heteroatoms. The van der Waals surface area contributed by atoms with Gasteiger partial charge >= 0.3 is 0 Å². The van der Waals surface area contributed by atoms with Crippen LogP contribution >= 0.6 is 0 Å². The van der Waals surface area contributed by atoms with E-state index in [-0.39, 0.29) is 12.5 Å². The standard InChI is InChI=1S/C30H59NO8/c1-3-5-6-7-8-9-10-11-12-13-14-15-16-17-18-20-24(33)23(31-26(34)19-4-2)22-38-30-29(37)28(36)27(35)25(21-32)39-30/h23-25,27-30,32-33,35-37H,3-22H2,1-2H3,(H,31,34). The highest BCUT2D eigenvalue weighted by Crippen LogP contribution is 2.22. The zero-order valence-electron chi connectivity index (χ0n) is 24.6. The van der Waals surface area contributed by atoms with Crippen LogP contribution in [-0.4, -0.2) is 87.5 Å². The van der Waals surface area contributed by atoms with Crippen molar-refractivity contribution in [2.45, 2.75) is 172 Å². The van der Waals surface area contributed by atoms with Crippen LogP contribution < -0.4 is 5.32 Å². The van der Waals surface area contributed by atoms with E-state index in [1.807, 2.05) is 6.92 Å². The first-order chi connectivity index (χ1) is 18.8. The van der Waals surface area contributed by atoms with Gasteiger partial charge in [-0.1, -0.05) is 110 Å². The number of aliphatic hydroxyl groups is 5. The summed E-state index contributed by atoms with van der Waals surface area (Å²) in [5.41, 5.74) is 0. The molecular formula is C30H59NO8. The number of unbranched alkanes of at least 4 members (excludes halogenated alkanes) is 14. The topological polar surface area (TPSA) is 149 Å². The maximum Gasteiger partial charge on any atom is 0.220 e. The Balaban J connectivity index is 2.27. The van der Waals surface area contributed by atoms with Crippen molar-refractivity contribution in [2.75, 3.05) is 13.2 Å². The van der Waals surface area contributed by atoms with E-state index in [9.17, 15) is 30.3 Å². The van der Waals surface area contributed by atoms with Gasteiger partial charge in [-0.05, 0) is 12.8 Å². The molecule has 7 atom stereocenters. The fourth-order valence-electron chi connectivity index (χ4n) is 5.08. The summed E-state index contributed by atoms with van der Waals surface area (Å²) in [7, 11) is 0. The van der Waals surface area contributed by atoms with Gasteiger partial charge in [-0.25, -0.2) is 0 Å². The normalized spacial score (nSPS) is 24.9. The predicted octanol–water partition coefficient (Wildman–Crippen LogP) is 3.71. The summed E-state index contributed by atoms with van der Waals surface area (Å²) in [5, 5.41) is 53.1. The summed E-state index contributed by atoms with van der Waals surface area (Å²) < 4.78 is 11.0. The van der Waals surface area contributed by atoms with E-state index in [0.717, 1.165) is 19.3 Å². The van der Waals surface area contributed by atoms with E-state index < -0.39 is 49.5 Å². The van der Waals surface area contributed by atoms with Crippen LogP contribution in [0.2, 0.25) is 0 Å². The van der Waals surface area contributed by atoms with Crippen molar-refractivity contribution in [1.29, 1.82) is 0 Å². The van der Waals surface area contributed by atoms with Crippen LogP contribution in [0.1, 0.15) is 129 Å². The molecule has 1 fully saturated rings. The minimum atomic E-state index is -1.54. The Kier molecular flexibility index (Phi) is 21.2. The largest absolute Gasteiger partial charge is 0.394 e. The quantitative estimate of drug-likeness (QED) is 0.0977. The zero-order valence-corrected chi connectivity index (χ0v) is 24.6. The Bertz CT molecular complexity index is 593. The van der Waals surface area contributed by atoms with E-state index in [4.69, 9.17) is 9.47 Å². The molecule has 0 bridgehead atoms. The molecule has 0 aromatic rings. The van der Waals surface area contributed by atoms with Crippen LogP contribution in [-0.2, 0) is 14.3 Å². The van der Waals surface area contributed by atoms with Crippen molar-refractivity contribution in [3.05, 3.63) is 0 Å². The maximum absolute atomic E-state index is 12.2. The van der Waals surface area contributed by atoms with Crippen LogP contribution in [0, 0.1) is 0 Å². The van der Waals surface area contributed by atoms with E-state index in [0.29, 0.717) is 19.3 Å². The fraction of sp³-hybridized carbons (Fsp3) is 0.967. The molecule has 1 amide bonds. The molecule has 0 spiro atoms. The number of rotatable bonds is 24. The van der Waals surface area contributed by atoms with Crippen molar-refractivity contribution in [3.8, 4) is 0 Å². The monoisotopic (exact) mass is 561 g/mol. The molecule has 1 saturated heterocycles. The first-order valence-electron chi connectivity index (χ1n) is 15.7. The molecule has 39 heavy (non-hydrogen) atoms. The lowest BCUT2D eigenvalue weighted by molar-refractivity contribution is -0.302. The third-order valence-corrected chi connectivity index (χ3v) is 7.68. The summed E-state index contributed by atoms with van der Waals surface area (Å²) in [5.74, 6) is -0.199. The molecule has 6 N–H and O–H groups in total. The van der Waals surface area contributed by atoms with Crippen molar-refractivity contribution in [1.82, 2.24) is 5.32 Å². The van der Waals surface area contributed by atoms with Gasteiger partial charge in [0, 0.05) is 6.42 Å². The Morgan fingerprint density at radius 1 is 0.769 bits per heavy atom. The van der Waals surface area contributed by atoms with Crippen LogP contribution in [0.3, 0.4) is 0 Å². The molecule has 1 aliphatic heterocycles. The van der Waals surface area contributed by atoms with Crippen molar-refractivity contribution in [2.24, 2.45) is 0 Å². The first kappa shape index (κ1) is 36.2. The van der Waals surface area contributed by atoms with Gasteiger partial charge in [-0.3, -0.25) is 4.79 Å². The van der Waals surface area contributed by atoms with Gasteiger partial charge in [0.05, 0.1) is 25.4 Å². The number of amides is 1. The fourth-order valence-corrected chi connectivity index (χ4v) is 5.08. The number of aliphatic hydroxyl groups excluding tert-OH is 5. The highest BCUT2D eigenvalue weighted by atomic mass is 16.7. The van der Waals surface area contributed by atoms with Crippen molar-refractivity contribution < 1.29 is 39.8 Å². The van der Waals surface area contributed by atoms with Gasteiger partial charge < -0.3 is 40.3 Å².